The summed E-state index contributed by atoms with van der Waals surface area (Å²) in [6.07, 6.45) is 1.02. The van der Waals surface area contributed by atoms with Crippen LogP contribution in [-0.2, 0) is 10.0 Å². The molecule has 14 heavy (non-hydrogen) atoms. The number of sulfonamides is 1. The molecule has 5 heteroatoms. The first kappa shape index (κ1) is 10.7. The molecular formula is C9H11NO3S. The van der Waals surface area contributed by atoms with E-state index in [1.165, 1.54) is 6.92 Å². The molecule has 76 valence electrons. The van der Waals surface area contributed by atoms with Gasteiger partial charge in [0.15, 0.2) is 0 Å². The Bertz CT molecular complexity index is 423. The molecule has 1 rings (SSSR count). The highest BCUT2D eigenvalue weighted by molar-refractivity contribution is 7.89. The summed E-state index contributed by atoms with van der Waals surface area (Å²) in [6, 6.07) is 8.88. The summed E-state index contributed by atoms with van der Waals surface area (Å²) in [6.45, 7) is 1.49. The maximum atomic E-state index is 10.8. The molecule has 0 aliphatic carbocycles. The Morgan fingerprint density at radius 1 is 1.29 bits per heavy atom. The van der Waals surface area contributed by atoms with Crippen molar-refractivity contribution in [2.24, 2.45) is 4.40 Å². The van der Waals surface area contributed by atoms with E-state index in [-0.39, 0.29) is 5.90 Å². The van der Waals surface area contributed by atoms with E-state index < -0.39 is 10.0 Å². The lowest BCUT2D eigenvalue weighted by Gasteiger charge is -2.02. The molecule has 1 aromatic carbocycles. The molecule has 0 aromatic heterocycles. The first-order valence-corrected chi connectivity index (χ1v) is 5.82. The van der Waals surface area contributed by atoms with Crippen LogP contribution in [0.3, 0.4) is 0 Å². The van der Waals surface area contributed by atoms with Crippen LogP contribution in [0.25, 0.3) is 0 Å². The number of rotatable bonds is 2. The highest BCUT2D eigenvalue weighted by Gasteiger charge is 2.00. The second-order valence-electron chi connectivity index (χ2n) is 2.76. The van der Waals surface area contributed by atoms with E-state index >= 15 is 0 Å². The summed E-state index contributed by atoms with van der Waals surface area (Å²) in [7, 11) is -3.38. The fraction of sp³-hybridized carbons (Fsp3) is 0.222. The Kier molecular flexibility index (Phi) is 3.24. The van der Waals surface area contributed by atoms with Gasteiger partial charge in [-0.3, -0.25) is 0 Å². The Morgan fingerprint density at radius 3 is 2.36 bits per heavy atom. The van der Waals surface area contributed by atoms with Crippen molar-refractivity contribution in [3.63, 3.8) is 0 Å². The summed E-state index contributed by atoms with van der Waals surface area (Å²) in [5, 5.41) is 0. The van der Waals surface area contributed by atoms with Crippen molar-refractivity contribution < 1.29 is 13.2 Å². The first-order valence-electron chi connectivity index (χ1n) is 3.97. The molecule has 0 bridgehead atoms. The van der Waals surface area contributed by atoms with E-state index in [2.05, 4.69) is 4.40 Å². The lowest BCUT2D eigenvalue weighted by Crippen LogP contribution is -2.06. The summed E-state index contributed by atoms with van der Waals surface area (Å²) in [5.41, 5.74) is 0. The molecular weight excluding hydrogens is 202 g/mol. The van der Waals surface area contributed by atoms with Crippen molar-refractivity contribution in [3.05, 3.63) is 30.3 Å². The SMILES string of the molecule is CC(=NS(C)(=O)=O)Oc1ccccc1. The Morgan fingerprint density at radius 2 is 1.86 bits per heavy atom. The van der Waals surface area contributed by atoms with Gasteiger partial charge >= 0.3 is 0 Å². The minimum atomic E-state index is -3.38. The fourth-order valence-corrected chi connectivity index (χ4v) is 1.42. The average molecular weight is 213 g/mol. The van der Waals surface area contributed by atoms with Gasteiger partial charge in [-0.25, -0.2) is 8.42 Å². The van der Waals surface area contributed by atoms with E-state index in [9.17, 15) is 8.42 Å². The number of hydrogen-bond acceptors (Lipinski definition) is 3. The lowest BCUT2D eigenvalue weighted by atomic mass is 10.3. The Balaban J connectivity index is 2.77. The van der Waals surface area contributed by atoms with E-state index in [4.69, 9.17) is 4.74 Å². The maximum absolute atomic E-state index is 10.8. The van der Waals surface area contributed by atoms with Gasteiger partial charge in [0.1, 0.15) is 5.75 Å². The summed E-state index contributed by atoms with van der Waals surface area (Å²) >= 11 is 0. The van der Waals surface area contributed by atoms with Crippen molar-refractivity contribution >= 4 is 15.9 Å². The zero-order valence-electron chi connectivity index (χ0n) is 7.97. The van der Waals surface area contributed by atoms with Crippen LogP contribution < -0.4 is 4.74 Å². The van der Waals surface area contributed by atoms with Gasteiger partial charge in [-0.15, -0.1) is 4.40 Å². The third-order valence-electron chi connectivity index (χ3n) is 1.30. The average Bonchev–Trinajstić information content (AvgIpc) is 2.02. The summed E-state index contributed by atoms with van der Waals surface area (Å²) < 4.78 is 30.1. The van der Waals surface area contributed by atoms with E-state index in [1.807, 2.05) is 6.07 Å². The van der Waals surface area contributed by atoms with Gasteiger partial charge in [0.25, 0.3) is 10.0 Å². The molecule has 0 spiro atoms. The normalized spacial score (nSPS) is 12.6. The molecule has 0 saturated heterocycles. The fourth-order valence-electron chi connectivity index (χ4n) is 0.911. The zero-order chi connectivity index (χ0) is 10.6. The number of nitrogens with zero attached hydrogens (tertiary/aromatic N) is 1. The van der Waals surface area contributed by atoms with Crippen LogP contribution in [0.4, 0.5) is 0 Å². The van der Waals surface area contributed by atoms with Crippen LogP contribution in [0, 0.1) is 0 Å². The van der Waals surface area contributed by atoms with Crippen LogP contribution in [-0.4, -0.2) is 20.6 Å². The molecule has 0 saturated carbocycles. The second kappa shape index (κ2) is 4.23. The molecule has 1 aromatic rings. The number of hydrogen-bond donors (Lipinski definition) is 0. The molecule has 0 atom stereocenters. The molecule has 0 aliphatic rings. The molecule has 0 amide bonds. The largest absolute Gasteiger partial charge is 0.443 e. The number of benzene rings is 1. The molecule has 0 N–H and O–H groups in total. The number of ether oxygens (including phenoxy) is 1. The molecule has 0 heterocycles. The van der Waals surface area contributed by atoms with Gasteiger partial charge in [0.05, 0.1) is 6.26 Å². The van der Waals surface area contributed by atoms with Gasteiger partial charge in [0.2, 0.25) is 5.90 Å². The van der Waals surface area contributed by atoms with Gasteiger partial charge in [-0.05, 0) is 12.1 Å². The molecule has 4 nitrogen and oxygen atoms in total. The predicted octanol–water partition coefficient (Wildman–Crippen LogP) is 1.44. The van der Waals surface area contributed by atoms with Crippen LogP contribution in [0.5, 0.6) is 5.75 Å². The molecule has 0 aliphatic heterocycles. The third kappa shape index (κ3) is 4.04. The smallest absolute Gasteiger partial charge is 0.253 e. The monoisotopic (exact) mass is 213 g/mol. The topological polar surface area (TPSA) is 55.7 Å². The van der Waals surface area contributed by atoms with Gasteiger partial charge < -0.3 is 4.74 Å². The molecule has 0 radical (unpaired) electrons. The van der Waals surface area contributed by atoms with Gasteiger partial charge in [-0.2, -0.15) is 0 Å². The summed E-state index contributed by atoms with van der Waals surface area (Å²) in [5.74, 6) is 0.677. The van der Waals surface area contributed by atoms with Crippen molar-refractivity contribution in [3.8, 4) is 5.75 Å². The van der Waals surface area contributed by atoms with Crippen molar-refractivity contribution in [2.45, 2.75) is 6.92 Å². The number of para-hydroxylation sites is 1. The molecule has 0 unspecified atom stereocenters. The van der Waals surface area contributed by atoms with Gasteiger partial charge in [0, 0.05) is 6.92 Å². The predicted molar refractivity (Wildman–Crippen MR) is 55.0 cm³/mol. The molecule has 0 fully saturated rings. The van der Waals surface area contributed by atoms with Crippen molar-refractivity contribution in [1.29, 1.82) is 0 Å². The Hall–Kier alpha value is -1.36. The van der Waals surface area contributed by atoms with E-state index in [0.717, 1.165) is 6.26 Å². The van der Waals surface area contributed by atoms with Crippen LogP contribution >= 0.6 is 0 Å². The standard InChI is InChI=1S/C9H11NO3S/c1-8(10-14(2,11)12)13-9-6-4-3-5-7-9/h3-7H,1-2H3. The minimum absolute atomic E-state index is 0.110. The van der Waals surface area contributed by atoms with Crippen molar-refractivity contribution in [1.82, 2.24) is 0 Å². The van der Waals surface area contributed by atoms with Crippen molar-refractivity contribution in [2.75, 3.05) is 6.26 Å². The quantitative estimate of drug-likeness (QED) is 0.551. The van der Waals surface area contributed by atoms with E-state index in [0.29, 0.717) is 5.75 Å². The highest BCUT2D eigenvalue weighted by Crippen LogP contribution is 2.08. The first-order chi connectivity index (χ1) is 6.47. The van der Waals surface area contributed by atoms with Gasteiger partial charge in [-0.1, -0.05) is 18.2 Å². The Labute approximate surface area is 83.3 Å². The zero-order valence-corrected chi connectivity index (χ0v) is 8.78. The highest BCUT2D eigenvalue weighted by atomic mass is 32.2. The van der Waals surface area contributed by atoms with Crippen LogP contribution in [0.1, 0.15) is 6.92 Å². The second-order valence-corrected chi connectivity index (χ2v) is 4.41. The van der Waals surface area contributed by atoms with E-state index in [1.54, 1.807) is 24.3 Å². The third-order valence-corrected chi connectivity index (χ3v) is 1.89. The minimum Gasteiger partial charge on any atom is -0.443 e. The maximum Gasteiger partial charge on any atom is 0.253 e. The van der Waals surface area contributed by atoms with Crippen LogP contribution in [0.2, 0.25) is 0 Å². The van der Waals surface area contributed by atoms with Crippen LogP contribution in [0.15, 0.2) is 34.7 Å². The summed E-state index contributed by atoms with van der Waals surface area (Å²) in [4.78, 5) is 0. The lowest BCUT2D eigenvalue weighted by molar-refractivity contribution is 0.545.